The fraction of sp³-hybridized carbons (Fsp3) is 0.500. The Morgan fingerprint density at radius 2 is 2.20 bits per heavy atom. The molecule has 3 N–H and O–H groups in total. The number of ether oxygens (including phenoxy) is 2. The third-order valence-corrected chi connectivity index (χ3v) is 2.52. The molecule has 0 aliphatic carbocycles. The molecule has 1 aromatic carbocycles. The zero-order valence-corrected chi connectivity index (χ0v) is 11.7. The van der Waals surface area contributed by atoms with Crippen LogP contribution in [0.25, 0.3) is 0 Å². The Morgan fingerprint density at radius 3 is 2.95 bits per heavy atom. The first-order valence-electron chi connectivity index (χ1n) is 6.59. The molecule has 1 aromatic rings. The SMILES string of the molecule is COc1cccc(NC(=O)CNCCCOCCO)c1. The molecule has 0 heterocycles. The van der Waals surface area contributed by atoms with Gasteiger partial charge in [-0.2, -0.15) is 0 Å². The molecule has 6 nitrogen and oxygen atoms in total. The fourth-order valence-corrected chi connectivity index (χ4v) is 1.57. The fourth-order valence-electron chi connectivity index (χ4n) is 1.57. The van der Waals surface area contributed by atoms with E-state index < -0.39 is 0 Å². The summed E-state index contributed by atoms with van der Waals surface area (Å²) in [4.78, 5) is 11.7. The highest BCUT2D eigenvalue weighted by atomic mass is 16.5. The number of carbonyl (C=O) groups is 1. The minimum atomic E-state index is -0.102. The molecule has 0 aromatic heterocycles. The van der Waals surface area contributed by atoms with Crippen molar-refractivity contribution in [3.05, 3.63) is 24.3 Å². The van der Waals surface area contributed by atoms with Crippen LogP contribution >= 0.6 is 0 Å². The van der Waals surface area contributed by atoms with Gasteiger partial charge in [0.25, 0.3) is 0 Å². The molecule has 1 amide bonds. The van der Waals surface area contributed by atoms with Crippen LogP contribution in [0.2, 0.25) is 0 Å². The second kappa shape index (κ2) is 10.2. The summed E-state index contributed by atoms with van der Waals surface area (Å²) in [5, 5.41) is 14.3. The molecule has 20 heavy (non-hydrogen) atoms. The first-order chi connectivity index (χ1) is 9.76. The van der Waals surface area contributed by atoms with E-state index >= 15 is 0 Å². The van der Waals surface area contributed by atoms with E-state index in [0.717, 1.165) is 6.42 Å². The molecule has 0 bridgehead atoms. The van der Waals surface area contributed by atoms with Gasteiger partial charge >= 0.3 is 0 Å². The van der Waals surface area contributed by atoms with Crippen LogP contribution in [0.4, 0.5) is 5.69 Å². The second-order valence-corrected chi connectivity index (χ2v) is 4.15. The first-order valence-corrected chi connectivity index (χ1v) is 6.59. The lowest BCUT2D eigenvalue weighted by Gasteiger charge is -2.08. The van der Waals surface area contributed by atoms with Gasteiger partial charge in [0.1, 0.15) is 5.75 Å². The van der Waals surface area contributed by atoms with Gasteiger partial charge in [-0.15, -0.1) is 0 Å². The summed E-state index contributed by atoms with van der Waals surface area (Å²) in [5.74, 6) is 0.603. The highest BCUT2D eigenvalue weighted by molar-refractivity contribution is 5.92. The molecule has 0 radical (unpaired) electrons. The van der Waals surface area contributed by atoms with Crippen LogP contribution in [0, 0.1) is 0 Å². The third kappa shape index (κ3) is 7.08. The molecule has 0 atom stereocenters. The number of rotatable bonds is 10. The van der Waals surface area contributed by atoms with E-state index in [9.17, 15) is 4.79 Å². The van der Waals surface area contributed by atoms with E-state index in [1.54, 1.807) is 13.2 Å². The maximum atomic E-state index is 11.7. The van der Waals surface area contributed by atoms with Gasteiger partial charge in [-0.05, 0) is 25.1 Å². The number of hydrogen-bond donors (Lipinski definition) is 3. The lowest BCUT2D eigenvalue weighted by Crippen LogP contribution is -2.29. The van der Waals surface area contributed by atoms with E-state index in [1.807, 2.05) is 18.2 Å². The zero-order valence-electron chi connectivity index (χ0n) is 11.7. The average molecular weight is 282 g/mol. The number of benzene rings is 1. The van der Waals surface area contributed by atoms with Gasteiger partial charge < -0.3 is 25.2 Å². The van der Waals surface area contributed by atoms with Crippen molar-refractivity contribution in [1.29, 1.82) is 0 Å². The van der Waals surface area contributed by atoms with E-state index in [4.69, 9.17) is 14.6 Å². The van der Waals surface area contributed by atoms with Gasteiger partial charge in [0.2, 0.25) is 5.91 Å². The lowest BCUT2D eigenvalue weighted by atomic mass is 10.3. The highest BCUT2D eigenvalue weighted by Gasteiger charge is 2.02. The Bertz CT molecular complexity index is 399. The molecule has 0 aliphatic rings. The molecule has 0 saturated heterocycles. The van der Waals surface area contributed by atoms with Crippen molar-refractivity contribution in [3.8, 4) is 5.75 Å². The molecular formula is C14H22N2O4. The smallest absolute Gasteiger partial charge is 0.238 e. The maximum Gasteiger partial charge on any atom is 0.238 e. The van der Waals surface area contributed by atoms with Crippen molar-refractivity contribution >= 4 is 11.6 Å². The van der Waals surface area contributed by atoms with Gasteiger partial charge in [0.15, 0.2) is 0 Å². The number of methoxy groups -OCH3 is 1. The summed E-state index contributed by atoms with van der Waals surface area (Å²) in [6.45, 7) is 1.91. The standard InChI is InChI=1S/C14H22N2O4/c1-19-13-5-2-4-12(10-13)16-14(18)11-15-6-3-8-20-9-7-17/h2,4-5,10,15,17H,3,6-9,11H2,1H3,(H,16,18). The quantitative estimate of drug-likeness (QED) is 0.548. The highest BCUT2D eigenvalue weighted by Crippen LogP contribution is 2.16. The molecule has 1 rings (SSSR count). The minimum absolute atomic E-state index is 0.0381. The van der Waals surface area contributed by atoms with Gasteiger partial charge in [0, 0.05) is 18.4 Å². The van der Waals surface area contributed by atoms with Gasteiger partial charge in [-0.3, -0.25) is 4.79 Å². The van der Waals surface area contributed by atoms with Crippen LogP contribution in [0.5, 0.6) is 5.75 Å². The van der Waals surface area contributed by atoms with Crippen molar-refractivity contribution in [1.82, 2.24) is 5.32 Å². The van der Waals surface area contributed by atoms with Crippen LogP contribution in [-0.4, -0.2) is 51.0 Å². The second-order valence-electron chi connectivity index (χ2n) is 4.15. The minimum Gasteiger partial charge on any atom is -0.497 e. The molecule has 6 heteroatoms. The van der Waals surface area contributed by atoms with Crippen molar-refractivity contribution in [2.45, 2.75) is 6.42 Å². The number of aliphatic hydroxyl groups is 1. The summed E-state index contributed by atoms with van der Waals surface area (Å²) >= 11 is 0. The molecular weight excluding hydrogens is 260 g/mol. The lowest BCUT2D eigenvalue weighted by molar-refractivity contribution is -0.115. The largest absolute Gasteiger partial charge is 0.497 e. The van der Waals surface area contributed by atoms with Gasteiger partial charge in [-0.25, -0.2) is 0 Å². The number of nitrogens with one attached hydrogen (secondary N) is 2. The van der Waals surface area contributed by atoms with Gasteiger partial charge in [0.05, 0.1) is 26.9 Å². The van der Waals surface area contributed by atoms with Crippen molar-refractivity contribution in [2.75, 3.05) is 45.3 Å². The molecule has 0 spiro atoms. The number of aliphatic hydroxyl groups excluding tert-OH is 1. The predicted molar refractivity (Wildman–Crippen MR) is 77.0 cm³/mol. The Morgan fingerprint density at radius 1 is 1.35 bits per heavy atom. The molecule has 0 fully saturated rings. The maximum absolute atomic E-state index is 11.7. The molecule has 0 aliphatic heterocycles. The Labute approximate surface area is 119 Å². The monoisotopic (exact) mass is 282 g/mol. The number of hydrogen-bond acceptors (Lipinski definition) is 5. The summed E-state index contributed by atoms with van der Waals surface area (Å²) in [7, 11) is 1.58. The number of amides is 1. The van der Waals surface area contributed by atoms with Crippen LogP contribution in [0.1, 0.15) is 6.42 Å². The topological polar surface area (TPSA) is 79.8 Å². The average Bonchev–Trinajstić information content (AvgIpc) is 2.46. The summed E-state index contributed by atoms with van der Waals surface area (Å²) < 4.78 is 10.2. The van der Waals surface area contributed by atoms with Crippen molar-refractivity contribution in [2.24, 2.45) is 0 Å². The summed E-state index contributed by atoms with van der Waals surface area (Å²) in [6, 6.07) is 7.21. The van der Waals surface area contributed by atoms with Crippen LogP contribution in [-0.2, 0) is 9.53 Å². The molecule has 0 saturated carbocycles. The van der Waals surface area contributed by atoms with Crippen LogP contribution in [0.15, 0.2) is 24.3 Å². The predicted octanol–water partition coefficient (Wildman–Crippen LogP) is 0.622. The van der Waals surface area contributed by atoms with E-state index in [0.29, 0.717) is 31.2 Å². The summed E-state index contributed by atoms with van der Waals surface area (Å²) in [6.07, 6.45) is 0.798. The third-order valence-electron chi connectivity index (χ3n) is 2.52. The number of anilines is 1. The Balaban J connectivity index is 2.13. The van der Waals surface area contributed by atoms with E-state index in [-0.39, 0.29) is 19.1 Å². The first kappa shape index (κ1) is 16.4. The van der Waals surface area contributed by atoms with E-state index in [1.165, 1.54) is 0 Å². The van der Waals surface area contributed by atoms with Crippen molar-refractivity contribution < 1.29 is 19.4 Å². The van der Waals surface area contributed by atoms with Crippen LogP contribution in [0.3, 0.4) is 0 Å². The summed E-state index contributed by atoms with van der Waals surface area (Å²) in [5.41, 5.74) is 0.711. The number of carbonyl (C=O) groups excluding carboxylic acids is 1. The van der Waals surface area contributed by atoms with Crippen molar-refractivity contribution in [3.63, 3.8) is 0 Å². The zero-order chi connectivity index (χ0) is 14.6. The van der Waals surface area contributed by atoms with Crippen LogP contribution < -0.4 is 15.4 Å². The Hall–Kier alpha value is -1.63. The Kier molecular flexibility index (Phi) is 8.37. The van der Waals surface area contributed by atoms with Gasteiger partial charge in [-0.1, -0.05) is 6.07 Å². The molecule has 112 valence electrons. The van der Waals surface area contributed by atoms with E-state index in [2.05, 4.69) is 10.6 Å². The molecule has 0 unspecified atom stereocenters. The normalized spacial score (nSPS) is 10.3.